The SMILES string of the molecule is O=C(CSc1nc(COc2ccccc2)cc(=O)[nH]1)Nc1ccccc1. The maximum Gasteiger partial charge on any atom is 0.251 e. The molecule has 2 N–H and O–H groups in total. The number of nitrogens with one attached hydrogen (secondary N) is 2. The number of aromatic nitrogens is 2. The summed E-state index contributed by atoms with van der Waals surface area (Å²) in [7, 11) is 0. The average Bonchev–Trinajstić information content (AvgIpc) is 2.66. The first kappa shape index (κ1) is 17.8. The van der Waals surface area contributed by atoms with E-state index in [1.807, 2.05) is 60.7 Å². The fourth-order valence-corrected chi connectivity index (χ4v) is 2.85. The predicted molar refractivity (Wildman–Crippen MR) is 101 cm³/mol. The Balaban J connectivity index is 1.57. The van der Waals surface area contributed by atoms with Crippen molar-refractivity contribution in [2.75, 3.05) is 11.1 Å². The van der Waals surface area contributed by atoms with E-state index in [2.05, 4.69) is 15.3 Å². The number of hydrogen-bond donors (Lipinski definition) is 2. The fraction of sp³-hybridized carbons (Fsp3) is 0.105. The van der Waals surface area contributed by atoms with E-state index in [1.54, 1.807) is 0 Å². The van der Waals surface area contributed by atoms with E-state index < -0.39 is 0 Å². The summed E-state index contributed by atoms with van der Waals surface area (Å²) in [6.45, 7) is 0.178. The van der Waals surface area contributed by atoms with Gasteiger partial charge in [-0.15, -0.1) is 0 Å². The molecule has 0 aliphatic carbocycles. The van der Waals surface area contributed by atoms with Crippen LogP contribution in [0.25, 0.3) is 0 Å². The quantitative estimate of drug-likeness (QED) is 0.495. The molecule has 0 spiro atoms. The lowest BCUT2D eigenvalue weighted by Gasteiger charge is -2.07. The Morgan fingerprint density at radius 1 is 1.08 bits per heavy atom. The van der Waals surface area contributed by atoms with E-state index >= 15 is 0 Å². The van der Waals surface area contributed by atoms with Gasteiger partial charge in [-0.1, -0.05) is 48.2 Å². The molecule has 2 aromatic carbocycles. The minimum absolute atomic E-state index is 0.140. The standard InChI is InChI=1S/C19H17N3O3S/c23-17-11-15(12-25-16-9-5-2-6-10-16)21-19(22-17)26-13-18(24)20-14-7-3-1-4-8-14/h1-11H,12-13H2,(H,20,24)(H,21,22,23). The lowest BCUT2D eigenvalue weighted by atomic mass is 10.3. The van der Waals surface area contributed by atoms with Crippen molar-refractivity contribution in [1.29, 1.82) is 0 Å². The maximum absolute atomic E-state index is 12.0. The number of thioether (sulfide) groups is 1. The van der Waals surface area contributed by atoms with Gasteiger partial charge in [0.2, 0.25) is 5.91 Å². The summed E-state index contributed by atoms with van der Waals surface area (Å²) in [5.41, 5.74) is 0.950. The van der Waals surface area contributed by atoms with Gasteiger partial charge in [-0.3, -0.25) is 9.59 Å². The van der Waals surface area contributed by atoms with Crippen LogP contribution in [0.2, 0.25) is 0 Å². The smallest absolute Gasteiger partial charge is 0.251 e. The molecule has 0 bridgehead atoms. The Labute approximate surface area is 154 Å². The van der Waals surface area contributed by atoms with Crippen LogP contribution in [0.4, 0.5) is 5.69 Å². The van der Waals surface area contributed by atoms with Crippen LogP contribution in [-0.2, 0) is 11.4 Å². The molecule has 7 heteroatoms. The molecule has 0 saturated carbocycles. The Kier molecular flexibility index (Phi) is 6.05. The lowest BCUT2D eigenvalue weighted by Crippen LogP contribution is -2.16. The van der Waals surface area contributed by atoms with Crippen molar-refractivity contribution in [2.24, 2.45) is 0 Å². The minimum Gasteiger partial charge on any atom is -0.487 e. The van der Waals surface area contributed by atoms with Gasteiger partial charge < -0.3 is 15.0 Å². The first-order valence-corrected chi connectivity index (χ1v) is 8.93. The molecule has 3 rings (SSSR count). The summed E-state index contributed by atoms with van der Waals surface area (Å²) >= 11 is 1.16. The average molecular weight is 367 g/mol. The van der Waals surface area contributed by atoms with Gasteiger partial charge in [-0.05, 0) is 24.3 Å². The molecule has 26 heavy (non-hydrogen) atoms. The molecule has 0 aliphatic rings. The van der Waals surface area contributed by atoms with Crippen molar-refractivity contribution < 1.29 is 9.53 Å². The number of aromatic amines is 1. The number of carbonyl (C=O) groups is 1. The van der Waals surface area contributed by atoms with Crippen LogP contribution >= 0.6 is 11.8 Å². The molecule has 0 fully saturated rings. The molecule has 1 aromatic heterocycles. The molecule has 132 valence electrons. The summed E-state index contributed by atoms with van der Waals surface area (Å²) in [4.78, 5) is 30.7. The number of rotatable bonds is 7. The minimum atomic E-state index is -0.280. The van der Waals surface area contributed by atoms with Gasteiger partial charge in [0.1, 0.15) is 12.4 Å². The number of ether oxygens (including phenoxy) is 1. The molecule has 0 saturated heterocycles. The molecule has 0 atom stereocenters. The van der Waals surface area contributed by atoms with E-state index in [1.165, 1.54) is 6.07 Å². The summed E-state index contributed by atoms with van der Waals surface area (Å²) < 4.78 is 5.60. The number of nitrogens with zero attached hydrogens (tertiary/aromatic N) is 1. The third-order valence-corrected chi connectivity index (χ3v) is 4.17. The van der Waals surface area contributed by atoms with E-state index in [0.29, 0.717) is 16.6 Å². The van der Waals surface area contributed by atoms with E-state index in [4.69, 9.17) is 4.74 Å². The number of hydrogen-bond acceptors (Lipinski definition) is 5. The topological polar surface area (TPSA) is 84.1 Å². The molecule has 3 aromatic rings. The normalized spacial score (nSPS) is 10.3. The van der Waals surface area contributed by atoms with Gasteiger partial charge in [-0.25, -0.2) is 4.98 Å². The van der Waals surface area contributed by atoms with Crippen molar-refractivity contribution in [1.82, 2.24) is 9.97 Å². The van der Waals surface area contributed by atoms with Gasteiger partial charge in [0.05, 0.1) is 11.4 Å². The van der Waals surface area contributed by atoms with Gasteiger partial charge in [0.15, 0.2) is 5.16 Å². The second kappa shape index (κ2) is 8.87. The Hall–Kier alpha value is -3.06. The number of para-hydroxylation sites is 2. The summed E-state index contributed by atoms with van der Waals surface area (Å²) in [5, 5.41) is 3.17. The van der Waals surface area contributed by atoms with Gasteiger partial charge in [0, 0.05) is 11.8 Å². The van der Waals surface area contributed by atoms with Crippen LogP contribution < -0.4 is 15.6 Å². The van der Waals surface area contributed by atoms with Gasteiger partial charge in [0.25, 0.3) is 5.56 Å². The molecule has 1 heterocycles. The number of anilines is 1. The maximum atomic E-state index is 12.0. The number of carbonyl (C=O) groups excluding carboxylic acids is 1. The molecule has 0 aliphatic heterocycles. The molecular weight excluding hydrogens is 350 g/mol. The monoisotopic (exact) mass is 367 g/mol. The molecular formula is C19H17N3O3S. The van der Waals surface area contributed by atoms with Crippen molar-refractivity contribution in [3.05, 3.63) is 82.8 Å². The van der Waals surface area contributed by atoms with Crippen molar-refractivity contribution in [3.63, 3.8) is 0 Å². The first-order valence-electron chi connectivity index (χ1n) is 7.95. The first-order chi connectivity index (χ1) is 12.7. The molecule has 6 nitrogen and oxygen atoms in total. The highest BCUT2D eigenvalue weighted by Gasteiger charge is 2.07. The van der Waals surface area contributed by atoms with Crippen molar-refractivity contribution in [3.8, 4) is 5.75 Å². The Morgan fingerprint density at radius 3 is 2.50 bits per heavy atom. The number of amides is 1. The Morgan fingerprint density at radius 2 is 1.77 bits per heavy atom. The van der Waals surface area contributed by atoms with Crippen LogP contribution in [-0.4, -0.2) is 21.6 Å². The van der Waals surface area contributed by atoms with E-state index in [-0.39, 0.29) is 23.8 Å². The number of H-pyrrole nitrogens is 1. The lowest BCUT2D eigenvalue weighted by molar-refractivity contribution is -0.113. The van der Waals surface area contributed by atoms with Crippen LogP contribution in [0.3, 0.4) is 0 Å². The van der Waals surface area contributed by atoms with Crippen LogP contribution in [0.15, 0.2) is 76.7 Å². The van der Waals surface area contributed by atoms with Crippen molar-refractivity contribution in [2.45, 2.75) is 11.8 Å². The third-order valence-electron chi connectivity index (χ3n) is 3.30. The third kappa shape index (κ3) is 5.49. The van der Waals surface area contributed by atoms with Crippen LogP contribution in [0.1, 0.15) is 5.69 Å². The highest BCUT2D eigenvalue weighted by Crippen LogP contribution is 2.14. The largest absolute Gasteiger partial charge is 0.487 e. The summed E-state index contributed by atoms with van der Waals surface area (Å²) in [6, 6.07) is 19.9. The second-order valence-electron chi connectivity index (χ2n) is 5.35. The highest BCUT2D eigenvalue weighted by atomic mass is 32.2. The van der Waals surface area contributed by atoms with E-state index in [9.17, 15) is 9.59 Å². The fourth-order valence-electron chi connectivity index (χ4n) is 2.15. The van der Waals surface area contributed by atoms with Crippen LogP contribution in [0.5, 0.6) is 5.75 Å². The zero-order valence-corrected chi connectivity index (χ0v) is 14.7. The highest BCUT2D eigenvalue weighted by molar-refractivity contribution is 7.99. The zero-order valence-electron chi connectivity index (χ0n) is 13.8. The Bertz CT molecular complexity index is 914. The van der Waals surface area contributed by atoms with Gasteiger partial charge >= 0.3 is 0 Å². The van der Waals surface area contributed by atoms with Crippen molar-refractivity contribution >= 4 is 23.4 Å². The van der Waals surface area contributed by atoms with E-state index in [0.717, 1.165) is 17.4 Å². The molecule has 1 amide bonds. The molecule has 0 unspecified atom stereocenters. The second-order valence-corrected chi connectivity index (χ2v) is 6.31. The zero-order chi connectivity index (χ0) is 18.2. The number of benzene rings is 2. The van der Waals surface area contributed by atoms with Gasteiger partial charge in [-0.2, -0.15) is 0 Å². The van der Waals surface area contributed by atoms with Crippen LogP contribution in [0, 0.1) is 0 Å². The summed E-state index contributed by atoms with van der Waals surface area (Å²) in [5.74, 6) is 0.668. The summed E-state index contributed by atoms with van der Waals surface area (Å²) in [6.07, 6.45) is 0. The molecule has 0 radical (unpaired) electrons. The predicted octanol–water partition coefficient (Wildman–Crippen LogP) is 3.08.